The Morgan fingerprint density at radius 2 is 1.66 bits per heavy atom. The number of nitrogens with zero attached hydrogens (tertiary/aromatic N) is 1. The second-order valence-corrected chi connectivity index (χ2v) is 12.4. The molecule has 0 bridgehead atoms. The Morgan fingerprint density at radius 3 is 2.34 bits per heavy atom. The van der Waals surface area contributed by atoms with E-state index >= 15 is 0 Å². The monoisotopic (exact) mass is 489 g/mol. The van der Waals surface area contributed by atoms with E-state index in [2.05, 4.69) is 0 Å². The summed E-state index contributed by atoms with van der Waals surface area (Å²) < 4.78 is 53.5. The smallest absolute Gasteiger partial charge is 0.224 e. The average molecular weight is 490 g/mol. The zero-order valence-corrected chi connectivity index (χ0v) is 20.2. The van der Waals surface area contributed by atoms with Gasteiger partial charge in [-0.1, -0.05) is 65.7 Å². The standard InChI is InChI=1S/C24H24ClNO4S2/c1-17-7-9-18(10-8-17)16-26(23-14-11-19-5-3-4-6-21(19)23)32(29,30)24-15-20(31(2,27)28)12-13-22(24)25/h3-10,12-13,15,23H,11,14,16H2,1-2H3. The first-order valence-corrected chi connectivity index (χ1v) is 13.9. The van der Waals surface area contributed by atoms with Crippen molar-refractivity contribution < 1.29 is 16.8 Å². The summed E-state index contributed by atoms with van der Waals surface area (Å²) in [4.78, 5) is -0.277. The van der Waals surface area contributed by atoms with Gasteiger partial charge in [-0.05, 0) is 54.7 Å². The molecule has 0 heterocycles. The van der Waals surface area contributed by atoms with Gasteiger partial charge in [-0.15, -0.1) is 0 Å². The maximum absolute atomic E-state index is 13.9. The normalized spacial score (nSPS) is 16.3. The lowest BCUT2D eigenvalue weighted by molar-refractivity contribution is 0.316. The molecule has 1 unspecified atom stereocenters. The molecule has 8 heteroatoms. The Hall–Kier alpha value is -2.19. The second-order valence-electron chi connectivity index (χ2n) is 8.15. The quantitative estimate of drug-likeness (QED) is 0.492. The molecule has 0 radical (unpaired) electrons. The summed E-state index contributed by atoms with van der Waals surface area (Å²) in [5.74, 6) is 0. The molecule has 0 saturated carbocycles. The fraction of sp³-hybridized carbons (Fsp3) is 0.250. The van der Waals surface area contributed by atoms with Crippen LogP contribution in [-0.2, 0) is 32.8 Å². The van der Waals surface area contributed by atoms with Crippen LogP contribution in [0.3, 0.4) is 0 Å². The summed E-state index contributed by atoms with van der Waals surface area (Å²) in [7, 11) is -7.71. The summed E-state index contributed by atoms with van der Waals surface area (Å²) in [5, 5.41) is -0.00223. The molecular formula is C24H24ClNO4S2. The lowest BCUT2D eigenvalue weighted by Crippen LogP contribution is -2.34. The molecule has 1 aliphatic rings. The van der Waals surface area contributed by atoms with Crippen LogP contribution in [-0.4, -0.2) is 27.4 Å². The van der Waals surface area contributed by atoms with Gasteiger partial charge in [0.25, 0.3) is 0 Å². The Balaban J connectivity index is 1.85. The van der Waals surface area contributed by atoms with Crippen LogP contribution in [0.1, 0.15) is 34.7 Å². The van der Waals surface area contributed by atoms with E-state index in [1.165, 1.54) is 16.4 Å². The van der Waals surface area contributed by atoms with E-state index in [0.717, 1.165) is 41.0 Å². The molecule has 1 atom stereocenters. The van der Waals surface area contributed by atoms with Crippen molar-refractivity contribution in [2.24, 2.45) is 0 Å². The molecule has 168 valence electrons. The van der Waals surface area contributed by atoms with Gasteiger partial charge in [-0.3, -0.25) is 0 Å². The molecule has 4 rings (SSSR count). The predicted molar refractivity (Wildman–Crippen MR) is 126 cm³/mol. The van der Waals surface area contributed by atoms with Crippen LogP contribution in [0.25, 0.3) is 0 Å². The maximum atomic E-state index is 13.9. The molecule has 32 heavy (non-hydrogen) atoms. The number of sulfone groups is 1. The minimum absolute atomic E-state index is 0.00223. The Morgan fingerprint density at radius 1 is 0.969 bits per heavy atom. The van der Waals surface area contributed by atoms with Crippen molar-refractivity contribution in [2.75, 3.05) is 6.26 Å². The number of fused-ring (bicyclic) bond motifs is 1. The third kappa shape index (κ3) is 4.48. The van der Waals surface area contributed by atoms with Gasteiger partial charge in [0.15, 0.2) is 9.84 Å². The average Bonchev–Trinajstić information content (AvgIpc) is 3.16. The lowest BCUT2D eigenvalue weighted by atomic mass is 10.1. The number of benzene rings is 3. The van der Waals surface area contributed by atoms with Gasteiger partial charge in [-0.2, -0.15) is 4.31 Å². The molecule has 0 aromatic heterocycles. The van der Waals surface area contributed by atoms with E-state index < -0.39 is 19.9 Å². The number of hydrogen-bond acceptors (Lipinski definition) is 4. The maximum Gasteiger partial charge on any atom is 0.245 e. The SMILES string of the molecule is Cc1ccc(CN(C2CCc3ccccc32)S(=O)(=O)c2cc(S(C)(=O)=O)ccc2Cl)cc1. The fourth-order valence-corrected chi connectivity index (χ4v) is 6.96. The van der Waals surface area contributed by atoms with Crippen LogP contribution in [0.4, 0.5) is 0 Å². The first-order valence-electron chi connectivity index (χ1n) is 10.2. The first-order chi connectivity index (χ1) is 15.1. The second kappa shape index (κ2) is 8.63. The fourth-order valence-electron chi connectivity index (χ4n) is 4.11. The van der Waals surface area contributed by atoms with Gasteiger partial charge in [0.2, 0.25) is 10.0 Å². The van der Waals surface area contributed by atoms with Gasteiger partial charge in [0.1, 0.15) is 4.90 Å². The third-order valence-corrected chi connectivity index (χ3v) is 9.27. The summed E-state index contributed by atoms with van der Waals surface area (Å²) >= 11 is 6.30. The van der Waals surface area contributed by atoms with Gasteiger partial charge >= 0.3 is 0 Å². The zero-order chi connectivity index (χ0) is 23.1. The molecule has 5 nitrogen and oxygen atoms in total. The van der Waals surface area contributed by atoms with E-state index in [1.807, 2.05) is 55.5 Å². The molecule has 3 aromatic carbocycles. The van der Waals surface area contributed by atoms with E-state index in [9.17, 15) is 16.8 Å². The zero-order valence-electron chi connectivity index (χ0n) is 17.8. The summed E-state index contributed by atoms with van der Waals surface area (Å²) in [6, 6.07) is 19.0. The van der Waals surface area contributed by atoms with Crippen LogP contribution in [0.5, 0.6) is 0 Å². The van der Waals surface area contributed by atoms with Crippen molar-refractivity contribution in [2.45, 2.75) is 42.1 Å². The van der Waals surface area contributed by atoms with E-state index in [0.29, 0.717) is 6.42 Å². The van der Waals surface area contributed by atoms with Crippen LogP contribution in [0, 0.1) is 6.92 Å². The molecule has 0 amide bonds. The van der Waals surface area contributed by atoms with Crippen molar-refractivity contribution in [1.29, 1.82) is 0 Å². The highest BCUT2D eigenvalue weighted by atomic mass is 35.5. The van der Waals surface area contributed by atoms with Gasteiger partial charge < -0.3 is 0 Å². The Labute approximate surface area is 194 Å². The topological polar surface area (TPSA) is 71.5 Å². The van der Waals surface area contributed by atoms with Crippen LogP contribution in [0.15, 0.2) is 76.5 Å². The van der Waals surface area contributed by atoms with Crippen molar-refractivity contribution >= 4 is 31.5 Å². The molecule has 0 aliphatic heterocycles. The van der Waals surface area contributed by atoms with Crippen LogP contribution in [0.2, 0.25) is 5.02 Å². The highest BCUT2D eigenvalue weighted by Crippen LogP contribution is 2.41. The van der Waals surface area contributed by atoms with Crippen molar-refractivity contribution in [1.82, 2.24) is 4.31 Å². The minimum atomic E-state index is -4.11. The van der Waals surface area contributed by atoms with Crippen molar-refractivity contribution in [3.8, 4) is 0 Å². The number of hydrogen-bond donors (Lipinski definition) is 0. The van der Waals surface area contributed by atoms with Crippen molar-refractivity contribution in [3.63, 3.8) is 0 Å². The molecule has 0 fully saturated rings. The van der Waals surface area contributed by atoms with E-state index in [1.54, 1.807) is 0 Å². The Bertz CT molecular complexity index is 1370. The Kier molecular flexibility index (Phi) is 6.20. The lowest BCUT2D eigenvalue weighted by Gasteiger charge is -2.29. The molecule has 3 aromatic rings. The molecule has 0 N–H and O–H groups in total. The number of aryl methyl sites for hydroxylation is 2. The summed E-state index contributed by atoms with van der Waals surface area (Å²) in [5.41, 5.74) is 4.02. The number of halogens is 1. The molecule has 1 aliphatic carbocycles. The third-order valence-electron chi connectivity index (χ3n) is 5.83. The van der Waals surface area contributed by atoms with Crippen LogP contribution >= 0.6 is 11.6 Å². The first kappa shape index (κ1) is 23.0. The summed E-state index contributed by atoms with van der Waals surface area (Å²) in [6.07, 6.45) is 2.47. The highest BCUT2D eigenvalue weighted by molar-refractivity contribution is 7.91. The predicted octanol–water partition coefficient (Wildman–Crippen LogP) is 4.93. The van der Waals surface area contributed by atoms with Crippen molar-refractivity contribution in [3.05, 3.63) is 94.0 Å². The van der Waals surface area contributed by atoms with Gasteiger partial charge in [-0.25, -0.2) is 16.8 Å². The van der Waals surface area contributed by atoms with Gasteiger partial charge in [0, 0.05) is 12.8 Å². The van der Waals surface area contributed by atoms with E-state index in [-0.39, 0.29) is 27.4 Å². The minimum Gasteiger partial charge on any atom is -0.224 e. The van der Waals surface area contributed by atoms with Gasteiger partial charge in [0.05, 0.1) is 16.0 Å². The largest absolute Gasteiger partial charge is 0.245 e. The number of sulfonamides is 1. The molecule has 0 spiro atoms. The highest BCUT2D eigenvalue weighted by Gasteiger charge is 2.37. The molecule has 0 saturated heterocycles. The number of rotatable bonds is 6. The summed E-state index contributed by atoms with van der Waals surface area (Å²) in [6.45, 7) is 2.13. The molecular weight excluding hydrogens is 466 g/mol. The van der Waals surface area contributed by atoms with E-state index in [4.69, 9.17) is 11.6 Å². The van der Waals surface area contributed by atoms with Crippen LogP contribution < -0.4 is 0 Å².